The highest BCUT2D eigenvalue weighted by Gasteiger charge is 2.01. The number of aromatic nitrogens is 1. The molecule has 0 atom stereocenters. The molecule has 1 rings (SSSR count). The Morgan fingerprint density at radius 3 is 2.47 bits per heavy atom. The van der Waals surface area contributed by atoms with Crippen LogP contribution in [0.1, 0.15) is 25.2 Å². The van der Waals surface area contributed by atoms with Crippen LogP contribution in [0.4, 0.5) is 0 Å². The molecule has 15 heavy (non-hydrogen) atoms. The van der Waals surface area contributed by atoms with Crippen LogP contribution in [0.25, 0.3) is 0 Å². The molecular weight excluding hydrogens is 208 g/mol. The average Bonchev–Trinajstić information content (AvgIpc) is 2.00. The van der Waals surface area contributed by atoms with Crippen molar-refractivity contribution in [2.75, 3.05) is 0 Å². The van der Waals surface area contributed by atoms with Gasteiger partial charge in [-0.25, -0.2) is 0 Å². The van der Waals surface area contributed by atoms with E-state index in [0.29, 0.717) is 5.92 Å². The standard InChI is InChI=1S/C10H14ClN.C2H5N/c1-7(2)4-10-6-9(11)5-8(3)12-10;1-2-3/h5-7H,4H2,1-3H3;2H,1,3H2. The van der Waals surface area contributed by atoms with Gasteiger partial charge in [-0.15, -0.1) is 0 Å². The van der Waals surface area contributed by atoms with E-state index in [1.807, 2.05) is 19.1 Å². The highest BCUT2D eigenvalue weighted by Crippen LogP contribution is 2.13. The Morgan fingerprint density at radius 1 is 1.53 bits per heavy atom. The van der Waals surface area contributed by atoms with Crippen molar-refractivity contribution in [3.63, 3.8) is 0 Å². The van der Waals surface area contributed by atoms with Gasteiger partial charge in [0.1, 0.15) is 0 Å². The Bertz CT molecular complexity index is 288. The van der Waals surface area contributed by atoms with Crippen molar-refractivity contribution >= 4 is 11.6 Å². The summed E-state index contributed by atoms with van der Waals surface area (Å²) in [6, 6.07) is 3.82. The Balaban J connectivity index is 0.000000583. The van der Waals surface area contributed by atoms with E-state index in [0.717, 1.165) is 22.8 Å². The van der Waals surface area contributed by atoms with Crippen LogP contribution in [0.3, 0.4) is 0 Å². The van der Waals surface area contributed by atoms with Crippen LogP contribution in [0, 0.1) is 12.8 Å². The molecule has 0 aliphatic rings. The van der Waals surface area contributed by atoms with Crippen molar-refractivity contribution in [3.05, 3.63) is 41.3 Å². The van der Waals surface area contributed by atoms with Crippen LogP contribution in [0.15, 0.2) is 24.9 Å². The maximum Gasteiger partial charge on any atom is 0.0442 e. The second-order valence-corrected chi connectivity index (χ2v) is 4.19. The van der Waals surface area contributed by atoms with Crippen molar-refractivity contribution in [1.82, 2.24) is 4.98 Å². The molecule has 84 valence electrons. The molecule has 2 nitrogen and oxygen atoms in total. The van der Waals surface area contributed by atoms with Crippen LogP contribution < -0.4 is 5.73 Å². The van der Waals surface area contributed by atoms with E-state index in [4.69, 9.17) is 11.6 Å². The van der Waals surface area contributed by atoms with Crippen molar-refractivity contribution in [1.29, 1.82) is 0 Å². The molecule has 0 saturated heterocycles. The second-order valence-electron chi connectivity index (χ2n) is 3.75. The van der Waals surface area contributed by atoms with Crippen LogP contribution in [0.2, 0.25) is 5.02 Å². The van der Waals surface area contributed by atoms with Crippen LogP contribution in [-0.2, 0) is 6.42 Å². The number of aryl methyl sites for hydroxylation is 1. The molecule has 1 aromatic rings. The van der Waals surface area contributed by atoms with E-state index in [1.54, 1.807) is 0 Å². The third-order valence-electron chi connectivity index (χ3n) is 1.59. The number of rotatable bonds is 2. The summed E-state index contributed by atoms with van der Waals surface area (Å²) in [4.78, 5) is 4.39. The van der Waals surface area contributed by atoms with Gasteiger partial charge in [-0.3, -0.25) is 4.98 Å². The maximum atomic E-state index is 5.89. The lowest BCUT2D eigenvalue weighted by atomic mass is 10.1. The number of nitrogens with two attached hydrogens (primary N) is 1. The predicted octanol–water partition coefficient (Wildman–Crippen LogP) is 3.33. The fraction of sp³-hybridized carbons (Fsp3) is 0.417. The number of halogens is 1. The number of nitrogens with zero attached hydrogens (tertiary/aromatic N) is 1. The Hall–Kier alpha value is -1.02. The van der Waals surface area contributed by atoms with E-state index in [2.05, 4.69) is 31.1 Å². The summed E-state index contributed by atoms with van der Waals surface area (Å²) < 4.78 is 0. The second kappa shape index (κ2) is 7.30. The third kappa shape index (κ3) is 6.97. The molecule has 0 unspecified atom stereocenters. The van der Waals surface area contributed by atoms with Gasteiger partial charge in [-0.05, 0) is 37.6 Å². The summed E-state index contributed by atoms with van der Waals surface area (Å²) in [5.41, 5.74) is 6.70. The Morgan fingerprint density at radius 2 is 2.07 bits per heavy atom. The van der Waals surface area contributed by atoms with Crippen molar-refractivity contribution in [2.24, 2.45) is 11.7 Å². The van der Waals surface area contributed by atoms with Crippen LogP contribution >= 0.6 is 11.6 Å². The van der Waals surface area contributed by atoms with Gasteiger partial charge in [0.05, 0.1) is 0 Å². The summed E-state index contributed by atoms with van der Waals surface area (Å²) in [5.74, 6) is 0.635. The van der Waals surface area contributed by atoms with Gasteiger partial charge in [0.15, 0.2) is 0 Å². The Labute approximate surface area is 97.2 Å². The molecule has 0 radical (unpaired) electrons. The monoisotopic (exact) mass is 226 g/mol. The first-order valence-electron chi connectivity index (χ1n) is 4.95. The van der Waals surface area contributed by atoms with Gasteiger partial charge in [-0.1, -0.05) is 32.0 Å². The number of hydrogen-bond donors (Lipinski definition) is 1. The molecule has 2 N–H and O–H groups in total. The fourth-order valence-electron chi connectivity index (χ4n) is 1.21. The maximum absolute atomic E-state index is 5.89. The molecule has 0 saturated carbocycles. The van der Waals surface area contributed by atoms with Gasteiger partial charge in [0.25, 0.3) is 0 Å². The topological polar surface area (TPSA) is 38.9 Å². The van der Waals surface area contributed by atoms with Gasteiger partial charge in [0.2, 0.25) is 0 Å². The highest BCUT2D eigenvalue weighted by atomic mass is 35.5. The predicted molar refractivity (Wildman–Crippen MR) is 66.9 cm³/mol. The summed E-state index contributed by atoms with van der Waals surface area (Å²) in [7, 11) is 0. The van der Waals surface area contributed by atoms with Gasteiger partial charge < -0.3 is 5.73 Å². The highest BCUT2D eigenvalue weighted by molar-refractivity contribution is 6.30. The molecule has 1 heterocycles. The normalized spacial score (nSPS) is 9.40. The lowest BCUT2D eigenvalue weighted by molar-refractivity contribution is 0.634. The van der Waals surface area contributed by atoms with Crippen LogP contribution in [0.5, 0.6) is 0 Å². The third-order valence-corrected chi connectivity index (χ3v) is 1.81. The number of pyridine rings is 1. The minimum absolute atomic E-state index is 0.635. The molecule has 3 heteroatoms. The lowest BCUT2D eigenvalue weighted by Crippen LogP contribution is -1.98. The summed E-state index contributed by atoms with van der Waals surface area (Å²) in [6.07, 6.45) is 2.25. The molecular formula is C12H19ClN2. The zero-order valence-corrected chi connectivity index (χ0v) is 10.4. The Kier molecular flexibility index (Phi) is 6.80. The summed E-state index contributed by atoms with van der Waals surface area (Å²) >= 11 is 5.89. The van der Waals surface area contributed by atoms with Crippen molar-refractivity contribution in [3.8, 4) is 0 Å². The molecule has 1 aromatic heterocycles. The summed E-state index contributed by atoms with van der Waals surface area (Å²) in [6.45, 7) is 9.46. The van der Waals surface area contributed by atoms with E-state index in [9.17, 15) is 0 Å². The molecule has 0 spiro atoms. The molecule has 0 aliphatic heterocycles. The molecule has 0 aliphatic carbocycles. The summed E-state index contributed by atoms with van der Waals surface area (Å²) in [5, 5.41) is 0.790. The van der Waals surface area contributed by atoms with Gasteiger partial charge in [0, 0.05) is 16.4 Å². The van der Waals surface area contributed by atoms with Crippen molar-refractivity contribution in [2.45, 2.75) is 27.2 Å². The van der Waals surface area contributed by atoms with E-state index < -0.39 is 0 Å². The minimum atomic E-state index is 0.635. The first-order valence-corrected chi connectivity index (χ1v) is 5.33. The SMILES string of the molecule is C=CN.Cc1cc(Cl)cc(CC(C)C)n1. The largest absolute Gasteiger partial charge is 0.405 e. The molecule has 0 amide bonds. The fourth-order valence-corrected chi connectivity index (χ4v) is 1.50. The minimum Gasteiger partial charge on any atom is -0.405 e. The first-order chi connectivity index (χ1) is 6.99. The molecule has 0 fully saturated rings. The van der Waals surface area contributed by atoms with E-state index >= 15 is 0 Å². The van der Waals surface area contributed by atoms with E-state index in [1.165, 1.54) is 6.20 Å². The molecule has 0 bridgehead atoms. The quantitative estimate of drug-likeness (QED) is 0.840. The average molecular weight is 227 g/mol. The first kappa shape index (κ1) is 14.0. The molecule has 0 aromatic carbocycles. The zero-order chi connectivity index (χ0) is 11.8. The lowest BCUT2D eigenvalue weighted by Gasteiger charge is -2.05. The smallest absolute Gasteiger partial charge is 0.0442 e. The number of hydrogen-bond acceptors (Lipinski definition) is 2. The zero-order valence-electron chi connectivity index (χ0n) is 9.63. The van der Waals surface area contributed by atoms with E-state index in [-0.39, 0.29) is 0 Å². The van der Waals surface area contributed by atoms with Gasteiger partial charge >= 0.3 is 0 Å². The van der Waals surface area contributed by atoms with Crippen molar-refractivity contribution < 1.29 is 0 Å². The van der Waals surface area contributed by atoms with Gasteiger partial charge in [-0.2, -0.15) is 0 Å². The van der Waals surface area contributed by atoms with Crippen LogP contribution in [-0.4, -0.2) is 4.98 Å².